The smallest absolute Gasteiger partial charge is 0.0941 e. The van der Waals surface area contributed by atoms with Gasteiger partial charge in [-0.2, -0.15) is 4.03 Å². The molecule has 2 bridgehead atoms. The van der Waals surface area contributed by atoms with Gasteiger partial charge < -0.3 is 0 Å². The number of hydrogen-bond donors (Lipinski definition) is 0. The molecule has 0 aliphatic carbocycles. The summed E-state index contributed by atoms with van der Waals surface area (Å²) in [5, 5.41) is 2.35. The first-order valence-electron chi connectivity index (χ1n) is 3.63. The lowest BCUT2D eigenvalue weighted by Crippen LogP contribution is -2.54. The Labute approximate surface area is 78.0 Å². The third-order valence-electron chi connectivity index (χ3n) is 2.38. The zero-order chi connectivity index (χ0) is 7.14. The highest BCUT2D eigenvalue weighted by Gasteiger charge is 2.37. The Hall–Kier alpha value is 0.880. The van der Waals surface area contributed by atoms with Crippen molar-refractivity contribution in [2.45, 2.75) is 17.8 Å². The topological polar surface area (TPSA) is 6.48 Å². The van der Waals surface area contributed by atoms with Crippen molar-refractivity contribution < 1.29 is 0 Å². The van der Waals surface area contributed by atoms with Crippen molar-refractivity contribution >= 4 is 32.1 Å². The fourth-order valence-corrected chi connectivity index (χ4v) is 3.12. The van der Waals surface area contributed by atoms with Crippen molar-refractivity contribution in [1.82, 2.24) is 9.04 Å². The number of nitrogens with zero attached hydrogens (tertiary/aromatic N) is 2. The van der Waals surface area contributed by atoms with Gasteiger partial charge in [0.05, 0.1) is 4.95 Å². The fourth-order valence-electron chi connectivity index (χ4n) is 1.68. The quantitative estimate of drug-likeness (QED) is 0.377. The van der Waals surface area contributed by atoms with Crippen LogP contribution in [0.15, 0.2) is 0 Å². The van der Waals surface area contributed by atoms with Crippen molar-refractivity contribution in [2.24, 2.45) is 5.92 Å². The number of hydrogen-bond acceptors (Lipinski definition) is 2. The Bertz CT molecular complexity index is 114. The zero-order valence-corrected chi connectivity index (χ0v) is 8.81. The van der Waals surface area contributed by atoms with Crippen LogP contribution in [0.1, 0.15) is 12.8 Å². The van der Waals surface area contributed by atoms with E-state index in [2.05, 4.69) is 41.1 Å². The van der Waals surface area contributed by atoms with E-state index in [0.29, 0.717) is 4.95 Å². The van der Waals surface area contributed by atoms with Crippen LogP contribution < -0.4 is 0 Å². The van der Waals surface area contributed by atoms with Crippen molar-refractivity contribution in [3.05, 3.63) is 0 Å². The van der Waals surface area contributed by atoms with E-state index >= 15 is 0 Å². The minimum atomic E-state index is 0.523. The van der Waals surface area contributed by atoms with E-state index in [-0.39, 0.29) is 0 Å². The second kappa shape index (κ2) is 2.73. The Kier molecular flexibility index (Phi) is 2.06. The van der Waals surface area contributed by atoms with E-state index in [0.717, 1.165) is 5.92 Å². The molecule has 3 aliphatic rings. The lowest BCUT2D eigenvalue weighted by Gasteiger charge is -2.47. The van der Waals surface area contributed by atoms with E-state index in [1.807, 2.05) is 0 Å². The first-order valence-corrected chi connectivity index (χ1v) is 5.25. The molecular formula is C6H10Br2N2. The van der Waals surface area contributed by atoms with Gasteiger partial charge in [-0.05, 0) is 18.8 Å². The highest BCUT2D eigenvalue weighted by molar-refractivity contribution is 9.11. The molecule has 1 unspecified atom stereocenters. The number of alkyl halides is 1. The van der Waals surface area contributed by atoms with Crippen molar-refractivity contribution in [3.63, 3.8) is 0 Å². The van der Waals surface area contributed by atoms with Crippen LogP contribution in [-0.4, -0.2) is 27.1 Å². The normalized spacial score (nSPS) is 48.0. The summed E-state index contributed by atoms with van der Waals surface area (Å²) in [5.41, 5.74) is 0. The first-order chi connectivity index (χ1) is 4.79. The second-order valence-electron chi connectivity index (χ2n) is 2.95. The molecule has 3 saturated heterocycles. The summed E-state index contributed by atoms with van der Waals surface area (Å²) in [7, 11) is 0. The predicted molar refractivity (Wildman–Crippen MR) is 47.8 cm³/mol. The predicted octanol–water partition coefficient (Wildman–Crippen LogP) is 1.96. The minimum absolute atomic E-state index is 0.523. The molecule has 0 aromatic carbocycles. The monoisotopic (exact) mass is 268 g/mol. The largest absolute Gasteiger partial charge is 0.231 e. The molecule has 0 N–H and O–H groups in total. The Morgan fingerprint density at radius 1 is 1.20 bits per heavy atom. The molecule has 2 nitrogen and oxygen atoms in total. The molecule has 4 heteroatoms. The van der Waals surface area contributed by atoms with Gasteiger partial charge in [0.25, 0.3) is 0 Å². The van der Waals surface area contributed by atoms with Gasteiger partial charge in [0, 0.05) is 29.2 Å². The maximum Gasteiger partial charge on any atom is 0.0941 e. The number of halogens is 2. The van der Waals surface area contributed by atoms with Gasteiger partial charge in [0.2, 0.25) is 0 Å². The highest BCUT2D eigenvalue weighted by atomic mass is 79.9. The van der Waals surface area contributed by atoms with Gasteiger partial charge in [0.15, 0.2) is 0 Å². The minimum Gasteiger partial charge on any atom is -0.231 e. The SMILES string of the molecule is BrC1C2CCN(CC2)N1Br. The number of hydrazine groups is 1. The van der Waals surface area contributed by atoms with Gasteiger partial charge >= 0.3 is 0 Å². The number of fused-ring (bicyclic) bond motifs is 3. The maximum absolute atomic E-state index is 3.65. The number of rotatable bonds is 0. The molecule has 0 aromatic rings. The molecule has 0 spiro atoms. The summed E-state index contributed by atoms with van der Waals surface area (Å²) in [6.45, 7) is 2.44. The van der Waals surface area contributed by atoms with Gasteiger partial charge in [0.1, 0.15) is 0 Å². The Balaban J connectivity index is 2.13. The fraction of sp³-hybridized carbons (Fsp3) is 1.00. The first kappa shape index (κ1) is 7.53. The van der Waals surface area contributed by atoms with Gasteiger partial charge in [-0.3, -0.25) is 0 Å². The summed E-state index contributed by atoms with van der Waals surface area (Å²) in [6, 6.07) is 0. The molecule has 3 fully saturated rings. The molecule has 0 radical (unpaired) electrons. The summed E-state index contributed by atoms with van der Waals surface area (Å²) >= 11 is 7.17. The van der Waals surface area contributed by atoms with Crippen LogP contribution in [0, 0.1) is 5.92 Å². The summed E-state index contributed by atoms with van der Waals surface area (Å²) < 4.78 is 2.14. The molecular weight excluding hydrogens is 260 g/mol. The standard InChI is InChI=1S/C6H10Br2N2/c7-6-5-1-3-9(4-2-5)10(6)8/h5-6H,1-4H2. The molecule has 3 aliphatic heterocycles. The lowest BCUT2D eigenvalue weighted by atomic mass is 9.95. The summed E-state index contributed by atoms with van der Waals surface area (Å²) in [6.07, 6.45) is 2.69. The van der Waals surface area contributed by atoms with E-state index in [4.69, 9.17) is 0 Å². The number of piperidine rings is 1. The summed E-state index contributed by atoms with van der Waals surface area (Å²) in [4.78, 5) is 0.523. The molecule has 58 valence electrons. The average Bonchev–Trinajstić information content (AvgIpc) is 2.00. The van der Waals surface area contributed by atoms with E-state index in [9.17, 15) is 0 Å². The van der Waals surface area contributed by atoms with Crippen molar-refractivity contribution in [1.29, 1.82) is 0 Å². The second-order valence-corrected chi connectivity index (χ2v) is 4.62. The lowest BCUT2D eigenvalue weighted by molar-refractivity contribution is -0.0400. The van der Waals surface area contributed by atoms with Crippen LogP contribution in [0.4, 0.5) is 0 Å². The van der Waals surface area contributed by atoms with Gasteiger partial charge in [-0.15, -0.1) is 0 Å². The molecule has 0 aromatic heterocycles. The molecule has 1 atom stereocenters. The van der Waals surface area contributed by atoms with E-state index < -0.39 is 0 Å². The van der Waals surface area contributed by atoms with Crippen LogP contribution >= 0.6 is 32.1 Å². The zero-order valence-electron chi connectivity index (χ0n) is 5.63. The van der Waals surface area contributed by atoms with Crippen LogP contribution in [-0.2, 0) is 0 Å². The van der Waals surface area contributed by atoms with Crippen LogP contribution in [0.5, 0.6) is 0 Å². The molecule has 0 saturated carbocycles. The van der Waals surface area contributed by atoms with E-state index in [1.165, 1.54) is 25.9 Å². The van der Waals surface area contributed by atoms with Crippen LogP contribution in [0.3, 0.4) is 0 Å². The van der Waals surface area contributed by atoms with E-state index in [1.54, 1.807) is 0 Å². The van der Waals surface area contributed by atoms with Crippen molar-refractivity contribution in [3.8, 4) is 0 Å². The molecule has 3 heterocycles. The van der Waals surface area contributed by atoms with Crippen LogP contribution in [0.25, 0.3) is 0 Å². The highest BCUT2D eigenvalue weighted by Crippen LogP contribution is 2.37. The van der Waals surface area contributed by atoms with Gasteiger partial charge in [-0.25, -0.2) is 5.01 Å². The Morgan fingerprint density at radius 2 is 1.80 bits per heavy atom. The van der Waals surface area contributed by atoms with Crippen molar-refractivity contribution in [2.75, 3.05) is 13.1 Å². The van der Waals surface area contributed by atoms with Crippen LogP contribution in [0.2, 0.25) is 0 Å². The van der Waals surface area contributed by atoms with Gasteiger partial charge in [-0.1, -0.05) is 15.9 Å². The molecule has 0 amide bonds. The third kappa shape index (κ3) is 1.05. The average molecular weight is 270 g/mol. The third-order valence-corrected chi connectivity index (χ3v) is 4.95. The maximum atomic E-state index is 3.65. The molecule has 10 heavy (non-hydrogen) atoms. The Morgan fingerprint density at radius 3 is 2.10 bits per heavy atom. The summed E-state index contributed by atoms with van der Waals surface area (Å²) in [5.74, 6) is 0.851. The molecule has 3 rings (SSSR count).